The third-order valence-corrected chi connectivity index (χ3v) is 4.98. The van der Waals surface area contributed by atoms with Gasteiger partial charge in [-0.15, -0.1) is 0 Å². The van der Waals surface area contributed by atoms with Crippen LogP contribution >= 0.6 is 11.6 Å². The lowest BCUT2D eigenvalue weighted by Crippen LogP contribution is -2.21. The summed E-state index contributed by atoms with van der Waals surface area (Å²) in [7, 11) is 0. The molecule has 29 heavy (non-hydrogen) atoms. The van der Waals surface area contributed by atoms with E-state index < -0.39 is 33.5 Å². The molecule has 0 atom stereocenters. The maximum atomic E-state index is 14.1. The van der Waals surface area contributed by atoms with Crippen molar-refractivity contribution in [3.63, 3.8) is 0 Å². The molecule has 1 aliphatic rings. The van der Waals surface area contributed by atoms with E-state index in [4.69, 9.17) is 11.6 Å². The van der Waals surface area contributed by atoms with E-state index in [9.17, 15) is 28.5 Å². The summed E-state index contributed by atoms with van der Waals surface area (Å²) >= 11 is 6.11. The Bertz CT molecular complexity index is 1250. The van der Waals surface area contributed by atoms with Gasteiger partial charge in [-0.3, -0.25) is 19.7 Å². The highest BCUT2D eigenvalue weighted by molar-refractivity contribution is 6.35. The van der Waals surface area contributed by atoms with Crippen molar-refractivity contribution in [3.8, 4) is 0 Å². The molecule has 1 heterocycles. The number of anilines is 2. The van der Waals surface area contributed by atoms with Gasteiger partial charge in [0.05, 0.1) is 21.2 Å². The van der Waals surface area contributed by atoms with Gasteiger partial charge in [0.2, 0.25) is 5.43 Å². The minimum Gasteiger partial charge on any atom is -0.339 e. The molecule has 2 N–H and O–H groups in total. The van der Waals surface area contributed by atoms with Gasteiger partial charge >= 0.3 is 0 Å². The maximum absolute atomic E-state index is 14.1. The van der Waals surface area contributed by atoms with Crippen molar-refractivity contribution in [2.24, 2.45) is 5.92 Å². The Balaban J connectivity index is 2.01. The molecular weight excluding hydrogens is 408 g/mol. The molecule has 0 bridgehead atoms. The second-order valence-electron chi connectivity index (χ2n) is 6.67. The van der Waals surface area contributed by atoms with Crippen LogP contribution in [0.1, 0.15) is 23.2 Å². The van der Waals surface area contributed by atoms with E-state index in [-0.39, 0.29) is 38.9 Å². The summed E-state index contributed by atoms with van der Waals surface area (Å²) in [6.07, 6.45) is 1.16. The molecule has 1 aliphatic carbocycles. The fourth-order valence-corrected chi connectivity index (χ4v) is 3.31. The number of halogens is 3. The molecule has 0 radical (unpaired) electrons. The molecule has 0 aliphatic heterocycles. The number of aromatic nitrogens is 1. The Morgan fingerprint density at radius 2 is 1.97 bits per heavy atom. The van der Waals surface area contributed by atoms with Gasteiger partial charge in [-0.25, -0.2) is 8.78 Å². The number of non-ortho nitro benzene ring substituents is 1. The van der Waals surface area contributed by atoms with Crippen molar-refractivity contribution in [3.05, 3.63) is 72.9 Å². The van der Waals surface area contributed by atoms with Crippen LogP contribution in [0.5, 0.6) is 0 Å². The van der Waals surface area contributed by atoms with Gasteiger partial charge in [0, 0.05) is 18.1 Å². The zero-order chi connectivity index (χ0) is 20.9. The first-order valence-corrected chi connectivity index (χ1v) is 8.95. The predicted molar refractivity (Wildman–Crippen MR) is 103 cm³/mol. The van der Waals surface area contributed by atoms with Crippen LogP contribution in [0.2, 0.25) is 5.02 Å². The van der Waals surface area contributed by atoms with E-state index in [1.54, 1.807) is 0 Å². The smallest absolute Gasteiger partial charge is 0.282 e. The zero-order valence-corrected chi connectivity index (χ0v) is 15.3. The third kappa shape index (κ3) is 3.33. The second-order valence-corrected chi connectivity index (χ2v) is 7.07. The molecule has 1 aromatic heterocycles. The molecular formula is C19H12ClF2N3O4. The Morgan fingerprint density at radius 1 is 1.24 bits per heavy atom. The summed E-state index contributed by atoms with van der Waals surface area (Å²) in [5, 5.41) is 13.6. The standard InChI is InChI=1S/C19H12ClF2N3O4/c20-10-4-6-13(25(28)29)14-16(10)24-19(15(18(14)27)17(26)8-1-2-8)23-12-5-3-9(21)7-11(12)22/h3-8H,1-2H2,(H2,23,24,27). The van der Waals surface area contributed by atoms with E-state index in [1.807, 2.05) is 0 Å². The highest BCUT2D eigenvalue weighted by atomic mass is 35.5. The van der Waals surface area contributed by atoms with Crippen LogP contribution in [0.3, 0.4) is 0 Å². The number of hydrogen-bond acceptors (Lipinski definition) is 5. The van der Waals surface area contributed by atoms with E-state index in [2.05, 4.69) is 10.3 Å². The predicted octanol–water partition coefficient (Wildman–Crippen LogP) is 4.70. The highest BCUT2D eigenvalue weighted by Crippen LogP contribution is 2.36. The van der Waals surface area contributed by atoms with Crippen LogP contribution in [0.4, 0.5) is 26.0 Å². The topological polar surface area (TPSA) is 105 Å². The molecule has 2 aromatic carbocycles. The molecule has 0 amide bonds. The summed E-state index contributed by atoms with van der Waals surface area (Å²) < 4.78 is 27.3. The van der Waals surface area contributed by atoms with Crippen molar-refractivity contribution in [1.29, 1.82) is 0 Å². The number of nitrogens with one attached hydrogen (secondary N) is 2. The van der Waals surface area contributed by atoms with Gasteiger partial charge in [0.25, 0.3) is 5.69 Å². The summed E-state index contributed by atoms with van der Waals surface area (Å²) in [6.45, 7) is 0. The van der Waals surface area contributed by atoms with Crippen LogP contribution in [0.15, 0.2) is 35.1 Å². The van der Waals surface area contributed by atoms with Crippen LogP contribution in [0, 0.1) is 27.7 Å². The van der Waals surface area contributed by atoms with Crippen molar-refractivity contribution in [2.75, 3.05) is 5.32 Å². The van der Waals surface area contributed by atoms with Gasteiger partial charge in [-0.1, -0.05) is 11.6 Å². The van der Waals surface area contributed by atoms with Crippen LogP contribution in [-0.2, 0) is 0 Å². The Hall–Kier alpha value is -3.33. The number of nitro benzene ring substituents is 1. The largest absolute Gasteiger partial charge is 0.339 e. The first-order chi connectivity index (χ1) is 13.8. The van der Waals surface area contributed by atoms with E-state index >= 15 is 0 Å². The van der Waals surface area contributed by atoms with Crippen LogP contribution in [-0.4, -0.2) is 15.7 Å². The molecule has 148 valence electrons. The number of rotatable bonds is 5. The van der Waals surface area contributed by atoms with Crippen molar-refractivity contribution in [2.45, 2.75) is 12.8 Å². The fourth-order valence-electron chi connectivity index (χ4n) is 3.10. The van der Waals surface area contributed by atoms with E-state index in [1.165, 1.54) is 6.07 Å². The number of fused-ring (bicyclic) bond motifs is 1. The summed E-state index contributed by atoms with van der Waals surface area (Å²) in [4.78, 5) is 39.3. The molecule has 4 rings (SSSR count). The molecule has 0 spiro atoms. The number of nitro groups is 1. The first-order valence-electron chi connectivity index (χ1n) is 8.57. The molecule has 1 saturated carbocycles. The summed E-state index contributed by atoms with van der Waals surface area (Å²) in [5.41, 5.74) is -1.99. The van der Waals surface area contributed by atoms with Crippen LogP contribution < -0.4 is 10.7 Å². The number of carbonyl (C=O) groups excluding carboxylic acids is 1. The van der Waals surface area contributed by atoms with Crippen molar-refractivity contribution < 1.29 is 18.5 Å². The summed E-state index contributed by atoms with van der Waals surface area (Å²) in [6, 6.07) is 5.07. The van der Waals surface area contributed by atoms with Gasteiger partial charge in [0.1, 0.15) is 28.4 Å². The van der Waals surface area contributed by atoms with Crippen molar-refractivity contribution in [1.82, 2.24) is 4.98 Å². The molecule has 10 heteroatoms. The molecule has 3 aromatic rings. The van der Waals surface area contributed by atoms with E-state index in [0.717, 1.165) is 18.2 Å². The number of benzene rings is 2. The fraction of sp³-hybridized carbons (Fsp3) is 0.158. The van der Waals surface area contributed by atoms with Gasteiger partial charge in [-0.05, 0) is 31.0 Å². The Kier molecular flexibility index (Phi) is 4.54. The number of H-pyrrole nitrogens is 1. The minimum atomic E-state index is -0.944. The molecule has 7 nitrogen and oxygen atoms in total. The first kappa shape index (κ1) is 19.0. The SMILES string of the molecule is O=C(c1c(Nc2ccc(F)cc2F)[nH]c2c(Cl)ccc([N+](=O)[O-])c2c1=O)C1CC1. The maximum Gasteiger partial charge on any atom is 0.282 e. The average molecular weight is 420 g/mol. The van der Waals surface area contributed by atoms with Gasteiger partial charge < -0.3 is 10.3 Å². The number of Topliss-reactive ketones (excluding diaryl/α,β-unsaturated/α-hetero) is 1. The normalized spacial score (nSPS) is 13.5. The lowest BCUT2D eigenvalue weighted by molar-refractivity contribution is -0.383. The Morgan fingerprint density at radius 3 is 2.59 bits per heavy atom. The quantitative estimate of drug-likeness (QED) is 0.354. The van der Waals surface area contributed by atoms with Gasteiger partial charge in [-0.2, -0.15) is 0 Å². The molecule has 0 saturated heterocycles. The lowest BCUT2D eigenvalue weighted by atomic mass is 10.0. The van der Waals surface area contributed by atoms with Crippen molar-refractivity contribution >= 4 is 45.5 Å². The highest BCUT2D eigenvalue weighted by Gasteiger charge is 2.35. The van der Waals surface area contributed by atoms with Gasteiger partial charge in [0.15, 0.2) is 5.78 Å². The lowest BCUT2D eigenvalue weighted by Gasteiger charge is -2.14. The number of aromatic amines is 1. The van der Waals surface area contributed by atoms with Crippen LogP contribution in [0.25, 0.3) is 10.9 Å². The number of nitrogens with zero attached hydrogens (tertiary/aromatic N) is 1. The third-order valence-electron chi connectivity index (χ3n) is 4.67. The summed E-state index contributed by atoms with van der Waals surface area (Å²) in [5.74, 6) is -2.79. The zero-order valence-electron chi connectivity index (χ0n) is 14.6. The monoisotopic (exact) mass is 419 g/mol. The minimum absolute atomic E-state index is 0.00995. The Labute approximate surface area is 166 Å². The number of ketones is 1. The number of carbonyl (C=O) groups is 1. The molecule has 0 unspecified atom stereocenters. The average Bonchev–Trinajstić information content (AvgIpc) is 3.49. The second kappa shape index (κ2) is 6.93. The number of hydrogen-bond donors (Lipinski definition) is 2. The van der Waals surface area contributed by atoms with E-state index in [0.29, 0.717) is 18.9 Å². The number of pyridine rings is 1. The molecule has 1 fully saturated rings.